The summed E-state index contributed by atoms with van der Waals surface area (Å²) in [4.78, 5) is 53.8. The van der Waals surface area contributed by atoms with E-state index in [1.165, 1.54) is 0 Å². The zero-order valence-electron chi connectivity index (χ0n) is 26.7. The average molecular weight is 647 g/mol. The third-order valence-electron chi connectivity index (χ3n) is 7.71. The van der Waals surface area contributed by atoms with Gasteiger partial charge in [0.2, 0.25) is 0 Å². The molecule has 244 valence electrons. The highest BCUT2D eigenvalue weighted by molar-refractivity contribution is 5.98. The number of carbonyl (C=O) groups excluding carboxylic acids is 1. The van der Waals surface area contributed by atoms with Crippen LogP contribution in [0.3, 0.4) is 0 Å². The molecule has 0 unspecified atom stereocenters. The molecule has 0 amide bonds. The standard InChI is InChI=1S/C20H19NO4.C18H15NO4/c1-3-25-18(22)12-16-19(13-7-6-8-14(11-13)24-2)15-9-4-5-10-17(15)21-20(16)23;1-23-12-6-4-5-11(9-12)17-13-7-2-3-8-15(13)19-18(22)14(17)10-16(20)21/h4-11H,3,12H2,1-2H3,(H,21,23);2-9H,10H2,1H3,(H,19,22)(H,20,21). The second-order valence-corrected chi connectivity index (χ2v) is 10.7. The Balaban J connectivity index is 0.000000188. The second-order valence-electron chi connectivity index (χ2n) is 10.7. The lowest BCUT2D eigenvalue weighted by Crippen LogP contribution is -2.19. The van der Waals surface area contributed by atoms with E-state index in [4.69, 9.17) is 19.3 Å². The number of aromatic amines is 2. The Hall–Kier alpha value is -6.16. The number of fused-ring (bicyclic) bond motifs is 2. The number of para-hydroxylation sites is 2. The maximum atomic E-state index is 12.6. The van der Waals surface area contributed by atoms with Crippen molar-refractivity contribution in [2.45, 2.75) is 19.8 Å². The number of aromatic nitrogens is 2. The molecule has 10 nitrogen and oxygen atoms in total. The van der Waals surface area contributed by atoms with Gasteiger partial charge < -0.3 is 29.3 Å². The third-order valence-corrected chi connectivity index (χ3v) is 7.71. The van der Waals surface area contributed by atoms with E-state index in [-0.39, 0.29) is 36.1 Å². The van der Waals surface area contributed by atoms with Crippen LogP contribution < -0.4 is 20.6 Å². The largest absolute Gasteiger partial charge is 0.497 e. The molecule has 0 saturated heterocycles. The highest BCUT2D eigenvalue weighted by Gasteiger charge is 2.19. The summed E-state index contributed by atoms with van der Waals surface area (Å²) in [5.41, 5.74) is 4.28. The highest BCUT2D eigenvalue weighted by Crippen LogP contribution is 2.33. The lowest BCUT2D eigenvalue weighted by molar-refractivity contribution is -0.142. The van der Waals surface area contributed by atoms with E-state index in [2.05, 4.69) is 9.97 Å². The molecule has 10 heteroatoms. The quantitative estimate of drug-likeness (QED) is 0.159. The van der Waals surface area contributed by atoms with Crippen molar-refractivity contribution in [3.8, 4) is 33.8 Å². The fourth-order valence-corrected chi connectivity index (χ4v) is 5.63. The van der Waals surface area contributed by atoms with E-state index in [9.17, 15) is 19.2 Å². The smallest absolute Gasteiger partial charge is 0.310 e. The number of carbonyl (C=O) groups is 2. The van der Waals surface area contributed by atoms with Crippen molar-refractivity contribution in [3.05, 3.63) is 129 Å². The first kappa shape index (κ1) is 33.2. The lowest BCUT2D eigenvalue weighted by atomic mass is 9.94. The maximum absolute atomic E-state index is 12.6. The molecule has 0 aliphatic rings. The molecule has 48 heavy (non-hydrogen) atoms. The predicted molar refractivity (Wildman–Crippen MR) is 185 cm³/mol. The van der Waals surface area contributed by atoms with Crippen LogP contribution in [0.25, 0.3) is 44.1 Å². The summed E-state index contributed by atoms with van der Waals surface area (Å²) < 4.78 is 15.6. The Morgan fingerprint density at radius 1 is 0.646 bits per heavy atom. The van der Waals surface area contributed by atoms with Crippen LogP contribution in [0, 0.1) is 0 Å². The minimum atomic E-state index is -1.05. The van der Waals surface area contributed by atoms with Gasteiger partial charge >= 0.3 is 11.9 Å². The molecule has 0 spiro atoms. The molecule has 4 aromatic carbocycles. The second kappa shape index (κ2) is 15.0. The molecule has 0 radical (unpaired) electrons. The van der Waals surface area contributed by atoms with Gasteiger partial charge in [-0.05, 0) is 54.4 Å². The topological polar surface area (TPSA) is 148 Å². The molecule has 0 atom stereocenters. The van der Waals surface area contributed by atoms with E-state index >= 15 is 0 Å². The van der Waals surface area contributed by atoms with E-state index in [1.807, 2.05) is 78.9 Å². The van der Waals surface area contributed by atoms with Crippen LogP contribution in [0.4, 0.5) is 0 Å². The predicted octanol–water partition coefficient (Wildman–Crippen LogP) is 6.14. The molecule has 0 aliphatic carbocycles. The summed E-state index contributed by atoms with van der Waals surface area (Å²) in [5.74, 6) is -0.139. The number of rotatable bonds is 9. The number of methoxy groups -OCH3 is 2. The Bertz CT molecular complexity index is 2240. The molecule has 0 saturated carbocycles. The zero-order chi connectivity index (χ0) is 34.2. The van der Waals surface area contributed by atoms with Gasteiger partial charge in [0.15, 0.2) is 0 Å². The molecule has 0 fully saturated rings. The number of aliphatic carboxylic acids is 1. The van der Waals surface area contributed by atoms with E-state index in [0.717, 1.165) is 33.0 Å². The van der Waals surface area contributed by atoms with Crippen LogP contribution in [0.5, 0.6) is 11.5 Å². The number of pyridine rings is 2. The maximum Gasteiger partial charge on any atom is 0.310 e. The molecule has 2 heterocycles. The lowest BCUT2D eigenvalue weighted by Gasteiger charge is -2.13. The number of hydrogen-bond acceptors (Lipinski definition) is 7. The van der Waals surface area contributed by atoms with Gasteiger partial charge in [-0.25, -0.2) is 0 Å². The van der Waals surface area contributed by atoms with Crippen LogP contribution in [0.1, 0.15) is 18.1 Å². The number of ether oxygens (including phenoxy) is 3. The number of hydrogen-bond donors (Lipinski definition) is 3. The van der Waals surface area contributed by atoms with Crippen molar-refractivity contribution < 1.29 is 28.9 Å². The number of benzene rings is 4. The van der Waals surface area contributed by atoms with Crippen LogP contribution in [-0.4, -0.2) is 47.8 Å². The van der Waals surface area contributed by atoms with Crippen molar-refractivity contribution in [1.82, 2.24) is 9.97 Å². The highest BCUT2D eigenvalue weighted by atomic mass is 16.5. The van der Waals surface area contributed by atoms with Crippen molar-refractivity contribution in [1.29, 1.82) is 0 Å². The minimum Gasteiger partial charge on any atom is -0.497 e. The van der Waals surface area contributed by atoms with Gasteiger partial charge in [-0.1, -0.05) is 60.7 Å². The van der Waals surface area contributed by atoms with Crippen molar-refractivity contribution >= 4 is 33.7 Å². The van der Waals surface area contributed by atoms with Gasteiger partial charge in [-0.15, -0.1) is 0 Å². The molecular formula is C38H34N2O8. The van der Waals surface area contributed by atoms with E-state index < -0.39 is 11.9 Å². The number of carboxylic acid groups (broad SMARTS) is 1. The molecule has 6 rings (SSSR count). The number of carboxylic acids is 1. The van der Waals surface area contributed by atoms with Gasteiger partial charge in [-0.2, -0.15) is 0 Å². The Morgan fingerprint density at radius 2 is 1.10 bits per heavy atom. The number of nitrogens with one attached hydrogen (secondary N) is 2. The van der Waals surface area contributed by atoms with Gasteiger partial charge in [0.05, 0.1) is 33.7 Å². The van der Waals surface area contributed by atoms with Gasteiger partial charge in [0.25, 0.3) is 11.1 Å². The molecule has 6 aromatic rings. The zero-order valence-corrected chi connectivity index (χ0v) is 26.7. The van der Waals surface area contributed by atoms with Crippen molar-refractivity contribution in [3.63, 3.8) is 0 Å². The summed E-state index contributed by atoms with van der Waals surface area (Å²) in [6.45, 7) is 2.02. The summed E-state index contributed by atoms with van der Waals surface area (Å²) in [6.07, 6.45) is -0.423. The fraction of sp³-hybridized carbons (Fsp3) is 0.158. The summed E-state index contributed by atoms with van der Waals surface area (Å²) in [7, 11) is 3.15. The van der Waals surface area contributed by atoms with Crippen molar-refractivity contribution in [2.75, 3.05) is 20.8 Å². The first-order valence-electron chi connectivity index (χ1n) is 15.2. The molecular weight excluding hydrogens is 612 g/mol. The summed E-state index contributed by atoms with van der Waals surface area (Å²) >= 11 is 0. The Labute approximate surface area is 275 Å². The molecule has 0 bridgehead atoms. The number of H-pyrrole nitrogens is 2. The number of esters is 1. The summed E-state index contributed by atoms with van der Waals surface area (Å²) in [6, 6.07) is 29.6. The SMILES string of the molecule is CCOC(=O)Cc1c(-c2cccc(OC)c2)c2ccccc2[nH]c1=O.COc1cccc(-c2c(CC(=O)O)c(=O)[nH]c3ccccc23)c1. The average Bonchev–Trinajstić information content (AvgIpc) is 3.09. The van der Waals surface area contributed by atoms with Crippen LogP contribution >= 0.6 is 0 Å². The summed E-state index contributed by atoms with van der Waals surface area (Å²) in [5, 5.41) is 10.8. The Morgan fingerprint density at radius 3 is 1.54 bits per heavy atom. The van der Waals surface area contributed by atoms with Crippen LogP contribution in [0.2, 0.25) is 0 Å². The fourth-order valence-electron chi connectivity index (χ4n) is 5.63. The van der Waals surface area contributed by atoms with E-state index in [1.54, 1.807) is 39.3 Å². The molecule has 3 N–H and O–H groups in total. The minimum absolute atomic E-state index is 0.0828. The molecule has 0 aliphatic heterocycles. The van der Waals surface area contributed by atoms with Gasteiger partial charge in [-0.3, -0.25) is 19.2 Å². The van der Waals surface area contributed by atoms with Crippen LogP contribution in [-0.2, 0) is 27.2 Å². The molecule has 2 aromatic heterocycles. The van der Waals surface area contributed by atoms with E-state index in [0.29, 0.717) is 28.1 Å². The monoisotopic (exact) mass is 646 g/mol. The Kier molecular flexibility index (Phi) is 10.3. The van der Waals surface area contributed by atoms with Gasteiger partial charge in [0, 0.05) is 44.1 Å². The third kappa shape index (κ3) is 7.28. The first-order chi connectivity index (χ1) is 23.2. The van der Waals surface area contributed by atoms with Crippen LogP contribution in [0.15, 0.2) is 107 Å². The normalized spacial score (nSPS) is 10.6. The first-order valence-corrected chi connectivity index (χ1v) is 15.2. The van der Waals surface area contributed by atoms with Gasteiger partial charge in [0.1, 0.15) is 11.5 Å². The van der Waals surface area contributed by atoms with Crippen molar-refractivity contribution in [2.24, 2.45) is 0 Å².